The molecular weight excluding hydrogens is 1550 g/mol. The highest BCUT2D eigenvalue weighted by atomic mass is 16.3. The van der Waals surface area contributed by atoms with Crippen molar-refractivity contribution in [1.82, 2.24) is 57.3 Å². The van der Waals surface area contributed by atoms with Crippen molar-refractivity contribution in [2.75, 3.05) is 13.2 Å². The molecule has 126 heavy (non-hydrogen) atoms. The molecule has 0 bridgehead atoms. The van der Waals surface area contributed by atoms with Crippen molar-refractivity contribution < 1.29 is 10.2 Å². The Morgan fingerprint density at radius 3 is 0.825 bits per heavy atom. The van der Waals surface area contributed by atoms with Crippen molar-refractivity contribution in [2.24, 2.45) is 0 Å². The van der Waals surface area contributed by atoms with Crippen LogP contribution in [-0.4, -0.2) is 82.0 Å². The van der Waals surface area contributed by atoms with Crippen LogP contribution in [0, 0.1) is 11.3 Å². The number of rotatable bonds is 24. The number of aliphatic hydroxyl groups excluding tert-OH is 2. The molecule has 0 spiro atoms. The van der Waals surface area contributed by atoms with Crippen LogP contribution in [-0.2, 0) is 51.8 Å². The second-order valence-corrected chi connectivity index (χ2v) is 46.9. The summed E-state index contributed by atoms with van der Waals surface area (Å²) < 4.78 is 0. The van der Waals surface area contributed by atoms with Crippen LogP contribution in [0.1, 0.15) is 395 Å². The van der Waals surface area contributed by atoms with E-state index in [1.807, 2.05) is 24.7 Å². The Kier molecular flexibility index (Phi) is 42.0. The van der Waals surface area contributed by atoms with Gasteiger partial charge in [-0.1, -0.05) is 276 Å². The molecule has 0 amide bonds. The van der Waals surface area contributed by atoms with Crippen molar-refractivity contribution in [1.29, 1.82) is 5.26 Å². The van der Waals surface area contributed by atoms with Crippen LogP contribution >= 0.6 is 0 Å². The molecule has 6 aromatic carbocycles. The topological polar surface area (TPSA) is 204 Å². The van der Waals surface area contributed by atoms with Gasteiger partial charge in [0.1, 0.15) is 0 Å². The van der Waals surface area contributed by atoms with Crippen molar-refractivity contribution in [3.8, 4) is 6.07 Å². The second-order valence-electron chi connectivity index (χ2n) is 46.9. The molecule has 6 atom stereocenters. The van der Waals surface area contributed by atoms with Crippen molar-refractivity contribution in [2.45, 2.75) is 396 Å². The molecule has 694 valence electrons. The number of nitriles is 1. The zero-order valence-corrected chi connectivity index (χ0v) is 85.5. The molecule has 0 radical (unpaired) electrons. The van der Waals surface area contributed by atoms with E-state index in [1.54, 1.807) is 6.20 Å². The Balaban J connectivity index is 0.000000318. The van der Waals surface area contributed by atoms with Crippen LogP contribution in [0.5, 0.6) is 0 Å². The summed E-state index contributed by atoms with van der Waals surface area (Å²) in [4.78, 5) is 8.61. The molecule has 0 aliphatic carbocycles. The fraction of sp³-hybridized carbons (Fsp3) is 0.562. The maximum absolute atomic E-state index is 9.24. The van der Waals surface area contributed by atoms with Crippen molar-refractivity contribution in [3.63, 3.8) is 0 Å². The Morgan fingerprint density at radius 1 is 0.302 bits per heavy atom. The van der Waals surface area contributed by atoms with E-state index in [1.165, 1.54) is 72.3 Å². The van der Waals surface area contributed by atoms with E-state index in [-0.39, 0.29) is 103 Å². The van der Waals surface area contributed by atoms with Gasteiger partial charge in [0, 0.05) is 120 Å². The summed E-state index contributed by atoms with van der Waals surface area (Å²) in [6, 6.07) is 67.3. The molecule has 9 N–H and O–H groups in total. The third-order valence-corrected chi connectivity index (χ3v) is 21.3. The van der Waals surface area contributed by atoms with Crippen LogP contribution < -0.4 is 31.9 Å². The summed E-state index contributed by atoms with van der Waals surface area (Å²) in [7, 11) is 0. The standard InChI is InChI=1S/2C21H30N2.C18H28N4.C18H31NO.C17H26N2.C17H29NO/c1-20(2,3)18-9-7-17(8-10-18)19(23-21(4,5)6)15-16-11-13-22-14-12-16;1-20(2,3)17-12-10-16(11-13-17)19(23-21(4,5)6)15-18-9-7-8-14-22-18;1-17(2,3)14-9-7-13(8-10-14)16(20-18(4,5)6)11-15-12-19-22-21-15;1-17(2,3)15-11-9-14(10-12-15)16(8-7-13-20)19-18(4,5)6;1-16(2,3)14-9-7-13(8-10-14)15(11-12-18)19-17(4,5)6;1-16(2,3)14-9-7-13(8-10-14)15(11-12-19)18-17(4,5)6/h2*7-14,19,23H,15H2,1-6H3;7-10,12,16,20H,11H2,1-6H3,(H,19,21,22);9-12,16,19-20H,7-8,13H2,1-6H3;7-10,15,19H,11H2,1-6H3;7-10,15,18-19H,11-12H2,1-6H3. The molecule has 0 fully saturated rings. The summed E-state index contributed by atoms with van der Waals surface area (Å²) in [5, 5.41) is 60.0. The average Bonchev–Trinajstić information content (AvgIpc) is 0.985. The minimum atomic E-state index is 0.00418. The molecular formula is C112H174N12O2. The fourth-order valence-corrected chi connectivity index (χ4v) is 14.6. The van der Waals surface area contributed by atoms with Gasteiger partial charge in [-0.2, -0.15) is 20.7 Å². The number of benzene rings is 6. The number of H-pyrrole nitrogens is 1. The van der Waals surface area contributed by atoms with Crippen LogP contribution in [0.2, 0.25) is 0 Å². The minimum absolute atomic E-state index is 0.00418. The van der Waals surface area contributed by atoms with E-state index < -0.39 is 0 Å². The first-order valence-corrected chi connectivity index (χ1v) is 46.4. The molecule has 0 aliphatic heterocycles. The number of hydrogen-bond acceptors (Lipinski definition) is 13. The molecule has 3 heterocycles. The van der Waals surface area contributed by atoms with Gasteiger partial charge in [-0.05, 0) is 279 Å². The zero-order valence-electron chi connectivity index (χ0n) is 85.5. The molecule has 3 aromatic heterocycles. The minimum Gasteiger partial charge on any atom is -0.396 e. The first kappa shape index (κ1) is 110. The van der Waals surface area contributed by atoms with Gasteiger partial charge < -0.3 is 42.1 Å². The molecule has 14 nitrogen and oxygen atoms in total. The van der Waals surface area contributed by atoms with E-state index in [9.17, 15) is 5.11 Å². The zero-order chi connectivity index (χ0) is 95.3. The van der Waals surface area contributed by atoms with Gasteiger partial charge in [0.05, 0.1) is 24.4 Å². The van der Waals surface area contributed by atoms with E-state index >= 15 is 0 Å². The highest BCUT2D eigenvalue weighted by molar-refractivity contribution is 5.36. The second kappa shape index (κ2) is 48.0. The number of aromatic nitrogens is 5. The van der Waals surface area contributed by atoms with Crippen molar-refractivity contribution >= 4 is 0 Å². The number of nitrogens with zero attached hydrogens (tertiary/aromatic N) is 5. The Morgan fingerprint density at radius 2 is 0.571 bits per heavy atom. The number of aliphatic hydroxyl groups is 2. The number of nitrogens with one attached hydrogen (secondary N) is 7. The highest BCUT2D eigenvalue weighted by Crippen LogP contribution is 2.34. The Hall–Kier alpha value is -8.07. The van der Waals surface area contributed by atoms with Gasteiger partial charge in [0.2, 0.25) is 0 Å². The van der Waals surface area contributed by atoms with E-state index in [0.717, 1.165) is 49.9 Å². The van der Waals surface area contributed by atoms with Crippen LogP contribution in [0.15, 0.2) is 201 Å². The van der Waals surface area contributed by atoms with Crippen LogP contribution in [0.25, 0.3) is 0 Å². The van der Waals surface area contributed by atoms with Crippen LogP contribution in [0.4, 0.5) is 0 Å². The SMILES string of the molecule is CC(C)(C)NC(CC#N)c1ccc(C(C)(C)C)cc1.CC(C)(C)NC(CCCO)c1ccc(C(C)(C)C)cc1.CC(C)(C)NC(CCO)c1ccc(C(C)(C)C)cc1.CC(C)(C)NC(Cc1ccccn1)c1ccc(C(C)(C)C)cc1.CC(C)(C)NC(Cc1ccncc1)c1ccc(C(C)(C)C)cc1.CC(C)(C)NC(Cc1cn[nH]n1)c1ccc(C(C)(C)C)cc1. The van der Waals surface area contributed by atoms with E-state index in [0.29, 0.717) is 18.5 Å². The lowest BCUT2D eigenvalue weighted by molar-refractivity contribution is 0.247. The predicted molar refractivity (Wildman–Crippen MR) is 539 cm³/mol. The first-order chi connectivity index (χ1) is 57.8. The summed E-state index contributed by atoms with van der Waals surface area (Å²) in [5.74, 6) is 0. The summed E-state index contributed by atoms with van der Waals surface area (Å²) >= 11 is 0. The lowest BCUT2D eigenvalue weighted by Gasteiger charge is -2.30. The number of hydrogen-bond donors (Lipinski definition) is 9. The van der Waals surface area contributed by atoms with Gasteiger partial charge >= 0.3 is 0 Å². The number of pyridine rings is 2. The third-order valence-electron chi connectivity index (χ3n) is 21.3. The predicted octanol–water partition coefficient (Wildman–Crippen LogP) is 26.2. The van der Waals surface area contributed by atoms with Gasteiger partial charge in [-0.3, -0.25) is 9.97 Å². The summed E-state index contributed by atoms with van der Waals surface area (Å²) in [5.41, 5.74) is 20.6. The smallest absolute Gasteiger partial charge is 0.0843 e. The third kappa shape index (κ3) is 43.8. The average molecular weight is 1720 g/mol. The highest BCUT2D eigenvalue weighted by Gasteiger charge is 2.29. The van der Waals surface area contributed by atoms with Crippen molar-refractivity contribution in [3.05, 3.63) is 284 Å². The first-order valence-electron chi connectivity index (χ1n) is 46.4. The van der Waals surface area contributed by atoms with E-state index in [2.05, 4.69) is 482 Å². The van der Waals surface area contributed by atoms with Gasteiger partial charge in [-0.15, -0.1) is 0 Å². The molecule has 0 saturated heterocycles. The number of aromatic amines is 1. The normalized spacial score (nSPS) is 14.1. The largest absolute Gasteiger partial charge is 0.396 e. The molecule has 9 rings (SSSR count). The van der Waals surface area contributed by atoms with E-state index in [4.69, 9.17) is 10.4 Å². The molecule has 14 heteroatoms. The quantitative estimate of drug-likeness (QED) is 0.0277. The summed E-state index contributed by atoms with van der Waals surface area (Å²) in [6.45, 7) is 79.9. The lowest BCUT2D eigenvalue weighted by atomic mass is 9.85. The van der Waals surface area contributed by atoms with Gasteiger partial charge in [-0.25, -0.2) is 0 Å². The maximum Gasteiger partial charge on any atom is 0.0843 e. The molecule has 9 aromatic rings. The Labute approximate surface area is 768 Å². The molecule has 6 unspecified atom stereocenters. The monoisotopic (exact) mass is 1720 g/mol. The van der Waals surface area contributed by atoms with Gasteiger partial charge in [0.25, 0.3) is 0 Å². The van der Waals surface area contributed by atoms with Gasteiger partial charge in [0.15, 0.2) is 0 Å². The fourth-order valence-electron chi connectivity index (χ4n) is 14.6. The maximum atomic E-state index is 9.24. The Bertz CT molecular complexity index is 4390. The molecule has 0 aliphatic rings. The lowest BCUT2D eigenvalue weighted by Crippen LogP contribution is -2.39. The van der Waals surface area contributed by atoms with Crippen LogP contribution in [0.3, 0.4) is 0 Å². The summed E-state index contributed by atoms with van der Waals surface area (Å²) in [6.07, 6.45) is 13.1. The molecule has 0 saturated carbocycles.